The van der Waals surface area contributed by atoms with E-state index >= 15 is 0 Å². The molecule has 0 radical (unpaired) electrons. The SMILES string of the molecule is CNCC(F)(F)CC1CCCCC1. The van der Waals surface area contributed by atoms with Crippen LogP contribution in [-0.2, 0) is 0 Å². The minimum absolute atomic E-state index is 0.0772. The van der Waals surface area contributed by atoms with E-state index in [4.69, 9.17) is 0 Å². The third-order valence-electron chi connectivity index (χ3n) is 2.75. The van der Waals surface area contributed by atoms with Gasteiger partial charge in [-0.3, -0.25) is 0 Å². The summed E-state index contributed by atoms with van der Waals surface area (Å²) in [5, 5.41) is 2.55. The van der Waals surface area contributed by atoms with Gasteiger partial charge in [-0.25, -0.2) is 8.78 Å². The van der Waals surface area contributed by atoms with Crippen LogP contribution in [0, 0.1) is 5.92 Å². The lowest BCUT2D eigenvalue weighted by Crippen LogP contribution is -2.33. The predicted octanol–water partition coefficient (Wildman–Crippen LogP) is 2.81. The first-order chi connectivity index (χ1) is 6.14. The molecule has 1 nitrogen and oxygen atoms in total. The zero-order valence-corrected chi connectivity index (χ0v) is 8.28. The molecule has 1 aliphatic rings. The molecule has 0 atom stereocenters. The summed E-state index contributed by atoms with van der Waals surface area (Å²) in [6, 6.07) is 0. The molecule has 0 aromatic heterocycles. The zero-order valence-electron chi connectivity index (χ0n) is 8.28. The summed E-state index contributed by atoms with van der Waals surface area (Å²) in [5.74, 6) is -2.24. The molecule has 3 heteroatoms. The molecule has 1 N–H and O–H groups in total. The van der Waals surface area contributed by atoms with Gasteiger partial charge >= 0.3 is 0 Å². The van der Waals surface area contributed by atoms with Crippen LogP contribution >= 0.6 is 0 Å². The Morgan fingerprint density at radius 3 is 2.38 bits per heavy atom. The summed E-state index contributed by atoms with van der Waals surface area (Å²) >= 11 is 0. The normalized spacial score (nSPS) is 20.5. The molecule has 1 aliphatic carbocycles. The van der Waals surface area contributed by atoms with Crippen LogP contribution in [0.4, 0.5) is 8.78 Å². The average molecular weight is 191 g/mol. The highest BCUT2D eigenvalue weighted by Gasteiger charge is 2.32. The van der Waals surface area contributed by atoms with Gasteiger partial charge in [0.25, 0.3) is 5.92 Å². The topological polar surface area (TPSA) is 12.0 Å². The Labute approximate surface area is 78.9 Å². The first kappa shape index (κ1) is 10.9. The van der Waals surface area contributed by atoms with Crippen molar-refractivity contribution < 1.29 is 8.78 Å². The number of hydrogen-bond donors (Lipinski definition) is 1. The Morgan fingerprint density at radius 1 is 1.23 bits per heavy atom. The third kappa shape index (κ3) is 4.03. The predicted molar refractivity (Wildman–Crippen MR) is 50.1 cm³/mol. The lowest BCUT2D eigenvalue weighted by atomic mass is 9.85. The molecule has 1 saturated carbocycles. The molecule has 0 aliphatic heterocycles. The summed E-state index contributed by atoms with van der Waals surface area (Å²) < 4.78 is 26.3. The first-order valence-corrected chi connectivity index (χ1v) is 5.16. The van der Waals surface area contributed by atoms with E-state index in [2.05, 4.69) is 5.32 Å². The number of halogens is 2. The van der Waals surface area contributed by atoms with Gasteiger partial charge in [0.15, 0.2) is 0 Å². The number of nitrogens with one attached hydrogen (secondary N) is 1. The highest BCUT2D eigenvalue weighted by Crippen LogP contribution is 2.32. The van der Waals surface area contributed by atoms with Gasteiger partial charge in [0, 0.05) is 6.42 Å². The van der Waals surface area contributed by atoms with Gasteiger partial charge in [0.1, 0.15) is 0 Å². The molecular weight excluding hydrogens is 172 g/mol. The molecule has 0 amide bonds. The Hall–Kier alpha value is -0.180. The van der Waals surface area contributed by atoms with Crippen molar-refractivity contribution in [1.82, 2.24) is 5.32 Å². The monoisotopic (exact) mass is 191 g/mol. The van der Waals surface area contributed by atoms with Gasteiger partial charge in [-0.2, -0.15) is 0 Å². The molecule has 1 rings (SSSR count). The van der Waals surface area contributed by atoms with Crippen LogP contribution in [0.2, 0.25) is 0 Å². The average Bonchev–Trinajstić information content (AvgIpc) is 2.04. The fourth-order valence-electron chi connectivity index (χ4n) is 2.14. The molecule has 78 valence electrons. The van der Waals surface area contributed by atoms with Crippen molar-refractivity contribution in [2.45, 2.75) is 44.4 Å². The van der Waals surface area contributed by atoms with Gasteiger partial charge in [0.05, 0.1) is 6.54 Å². The Morgan fingerprint density at radius 2 is 1.85 bits per heavy atom. The summed E-state index contributed by atoms with van der Waals surface area (Å²) in [7, 11) is 1.58. The fraction of sp³-hybridized carbons (Fsp3) is 1.00. The van der Waals surface area contributed by atoms with Crippen molar-refractivity contribution in [3.05, 3.63) is 0 Å². The lowest BCUT2D eigenvalue weighted by molar-refractivity contribution is -0.0243. The maximum atomic E-state index is 13.1. The number of alkyl halides is 2. The minimum Gasteiger partial charge on any atom is -0.314 e. The van der Waals surface area contributed by atoms with Crippen LogP contribution in [0.3, 0.4) is 0 Å². The van der Waals surface area contributed by atoms with E-state index in [-0.39, 0.29) is 18.9 Å². The number of rotatable bonds is 4. The van der Waals surface area contributed by atoms with E-state index in [0.717, 1.165) is 25.7 Å². The molecule has 0 aromatic rings. The van der Waals surface area contributed by atoms with Crippen molar-refractivity contribution in [3.8, 4) is 0 Å². The van der Waals surface area contributed by atoms with Crippen LogP contribution in [-0.4, -0.2) is 19.5 Å². The van der Waals surface area contributed by atoms with E-state index in [1.54, 1.807) is 7.05 Å². The molecule has 0 saturated heterocycles. The quantitative estimate of drug-likeness (QED) is 0.720. The van der Waals surface area contributed by atoms with E-state index in [1.165, 1.54) is 6.42 Å². The lowest BCUT2D eigenvalue weighted by Gasteiger charge is -2.26. The van der Waals surface area contributed by atoms with Crippen molar-refractivity contribution in [1.29, 1.82) is 0 Å². The van der Waals surface area contributed by atoms with Crippen LogP contribution in [0.1, 0.15) is 38.5 Å². The van der Waals surface area contributed by atoms with Crippen LogP contribution in [0.25, 0.3) is 0 Å². The highest BCUT2D eigenvalue weighted by molar-refractivity contribution is 4.76. The molecule has 1 fully saturated rings. The van der Waals surface area contributed by atoms with Gasteiger partial charge < -0.3 is 5.32 Å². The standard InChI is InChI=1S/C10H19F2N/c1-13-8-10(11,12)7-9-5-3-2-4-6-9/h9,13H,2-8H2,1H3. The molecule has 0 bridgehead atoms. The first-order valence-electron chi connectivity index (χ1n) is 5.16. The van der Waals surface area contributed by atoms with Crippen LogP contribution in [0.5, 0.6) is 0 Å². The minimum atomic E-state index is -2.50. The summed E-state index contributed by atoms with van der Waals surface area (Å²) in [4.78, 5) is 0. The van der Waals surface area contributed by atoms with Crippen molar-refractivity contribution in [2.24, 2.45) is 5.92 Å². The Kier molecular flexibility index (Phi) is 4.10. The van der Waals surface area contributed by atoms with Crippen molar-refractivity contribution in [2.75, 3.05) is 13.6 Å². The second kappa shape index (κ2) is 4.89. The molecular formula is C10H19F2N. The van der Waals surface area contributed by atoms with Gasteiger partial charge in [-0.1, -0.05) is 32.1 Å². The number of hydrogen-bond acceptors (Lipinski definition) is 1. The Balaban J connectivity index is 2.28. The molecule has 0 heterocycles. The van der Waals surface area contributed by atoms with E-state index in [9.17, 15) is 8.78 Å². The van der Waals surface area contributed by atoms with Crippen molar-refractivity contribution in [3.63, 3.8) is 0 Å². The van der Waals surface area contributed by atoms with E-state index < -0.39 is 5.92 Å². The van der Waals surface area contributed by atoms with Crippen molar-refractivity contribution >= 4 is 0 Å². The summed E-state index contributed by atoms with van der Waals surface area (Å²) in [6.07, 6.45) is 5.58. The maximum Gasteiger partial charge on any atom is 0.260 e. The fourth-order valence-corrected chi connectivity index (χ4v) is 2.14. The van der Waals surface area contributed by atoms with Gasteiger partial charge in [-0.05, 0) is 13.0 Å². The zero-order chi connectivity index (χ0) is 9.73. The molecule has 0 aromatic carbocycles. The smallest absolute Gasteiger partial charge is 0.260 e. The maximum absolute atomic E-state index is 13.1. The third-order valence-corrected chi connectivity index (χ3v) is 2.75. The molecule has 13 heavy (non-hydrogen) atoms. The largest absolute Gasteiger partial charge is 0.314 e. The molecule has 0 spiro atoms. The Bertz CT molecular complexity index is 142. The highest BCUT2D eigenvalue weighted by atomic mass is 19.3. The van der Waals surface area contributed by atoms with E-state index in [1.807, 2.05) is 0 Å². The molecule has 0 unspecified atom stereocenters. The second-order valence-electron chi connectivity index (χ2n) is 4.09. The van der Waals surface area contributed by atoms with Crippen LogP contribution < -0.4 is 5.32 Å². The summed E-state index contributed by atoms with van der Waals surface area (Å²) in [6.45, 7) is -0.177. The van der Waals surface area contributed by atoms with Gasteiger partial charge in [-0.15, -0.1) is 0 Å². The van der Waals surface area contributed by atoms with E-state index in [0.29, 0.717) is 0 Å². The summed E-state index contributed by atoms with van der Waals surface area (Å²) in [5.41, 5.74) is 0. The van der Waals surface area contributed by atoms with Gasteiger partial charge in [0.2, 0.25) is 0 Å². The second-order valence-corrected chi connectivity index (χ2v) is 4.09. The van der Waals surface area contributed by atoms with Crippen LogP contribution in [0.15, 0.2) is 0 Å².